The van der Waals surface area contributed by atoms with E-state index in [1.165, 1.54) is 12.1 Å². The van der Waals surface area contributed by atoms with Crippen LogP contribution in [0, 0.1) is 0 Å². The van der Waals surface area contributed by atoms with Crippen molar-refractivity contribution >= 4 is 44.0 Å². The fraction of sp³-hybridized carbons (Fsp3) is 0.333. The van der Waals surface area contributed by atoms with Gasteiger partial charge in [-0.15, -0.1) is 0 Å². The first-order chi connectivity index (χ1) is 7.09. The van der Waals surface area contributed by atoms with Crippen molar-refractivity contribution in [1.29, 1.82) is 0 Å². The molecule has 1 aromatic rings. The molecule has 0 aliphatic heterocycles. The van der Waals surface area contributed by atoms with Gasteiger partial charge >= 0.3 is 0 Å². The lowest BCUT2D eigenvalue weighted by Crippen LogP contribution is -2.29. The molecule has 0 saturated heterocycles. The quantitative estimate of drug-likeness (QED) is 0.622. The van der Waals surface area contributed by atoms with Gasteiger partial charge in [0.05, 0.1) is 9.37 Å². The molecule has 0 atom stereocenters. The van der Waals surface area contributed by atoms with Crippen LogP contribution in [0.3, 0.4) is 0 Å². The maximum absolute atomic E-state index is 11.1. The highest BCUT2D eigenvalue weighted by atomic mass is 79.9. The third-order valence-corrected chi connectivity index (χ3v) is 4.40. The van der Waals surface area contributed by atoms with E-state index in [-0.39, 0.29) is 4.90 Å². The van der Waals surface area contributed by atoms with E-state index in [1.807, 2.05) is 19.6 Å². The largest absolute Gasteiger partial charge is 0.544 e. The number of hydrogen-bond donors (Lipinski definition) is 0. The molecule has 0 N–H and O–H groups in total. The minimum absolute atomic E-state index is 0.0592. The smallest absolute Gasteiger partial charge is 0.261 e. The molecule has 0 heterocycles. The predicted octanol–water partition coefficient (Wildman–Crippen LogP) is 3.59. The molecule has 0 aromatic heterocycles. The van der Waals surface area contributed by atoms with Crippen LogP contribution in [0.15, 0.2) is 27.6 Å². The summed E-state index contributed by atoms with van der Waals surface area (Å²) in [5.41, 5.74) is 0. The van der Waals surface area contributed by atoms with E-state index < -0.39 is 17.4 Å². The average Bonchev–Trinajstić information content (AvgIpc) is 2.04. The number of rotatable bonds is 3. The van der Waals surface area contributed by atoms with Crippen LogP contribution >= 0.6 is 26.6 Å². The molecule has 7 heteroatoms. The molecule has 1 rings (SSSR count). The van der Waals surface area contributed by atoms with E-state index in [0.717, 1.165) is 0 Å². The van der Waals surface area contributed by atoms with Crippen LogP contribution in [-0.4, -0.2) is 16.7 Å². The van der Waals surface area contributed by atoms with E-state index >= 15 is 0 Å². The zero-order valence-corrected chi connectivity index (χ0v) is 13.3. The van der Waals surface area contributed by atoms with Gasteiger partial charge in [-0.05, 0) is 53.8 Å². The van der Waals surface area contributed by atoms with Crippen LogP contribution in [-0.2, 0) is 9.05 Å². The predicted molar refractivity (Wildman–Crippen MR) is 71.2 cm³/mol. The molecule has 0 saturated carbocycles. The molecule has 0 unspecified atom stereocenters. The summed E-state index contributed by atoms with van der Waals surface area (Å²) in [6.07, 6.45) is 0. The topological polar surface area (TPSA) is 43.4 Å². The first-order valence-electron chi connectivity index (χ1n) is 4.53. The monoisotopic (exact) mass is 342 g/mol. The van der Waals surface area contributed by atoms with Gasteiger partial charge in [0.25, 0.3) is 9.05 Å². The molecule has 90 valence electrons. The molecule has 0 aliphatic carbocycles. The maximum atomic E-state index is 11.1. The van der Waals surface area contributed by atoms with Gasteiger partial charge in [-0.3, -0.25) is 0 Å². The summed E-state index contributed by atoms with van der Waals surface area (Å²) in [4.78, 5) is 0.0592. The lowest BCUT2D eigenvalue weighted by Gasteiger charge is -2.20. The van der Waals surface area contributed by atoms with Crippen LogP contribution in [0.25, 0.3) is 0 Å². The summed E-state index contributed by atoms with van der Waals surface area (Å²) < 4.78 is 28.5. The van der Waals surface area contributed by atoms with Crippen molar-refractivity contribution in [2.75, 3.05) is 0 Å². The molecule has 3 nitrogen and oxygen atoms in total. The Kier molecular flexibility index (Phi) is 4.10. The van der Waals surface area contributed by atoms with E-state index in [1.54, 1.807) is 6.07 Å². The molecule has 0 fully saturated rings. The Morgan fingerprint density at radius 1 is 1.31 bits per heavy atom. The van der Waals surface area contributed by atoms with Crippen LogP contribution in [0.5, 0.6) is 5.75 Å². The molecule has 0 bridgehead atoms. The highest BCUT2D eigenvalue weighted by Crippen LogP contribution is 2.30. The number of benzene rings is 1. The molecular weight excluding hydrogens is 332 g/mol. The van der Waals surface area contributed by atoms with Crippen LogP contribution in [0.1, 0.15) is 0 Å². The fourth-order valence-corrected chi connectivity index (χ4v) is 3.42. The van der Waals surface area contributed by atoms with Crippen LogP contribution in [0.4, 0.5) is 0 Å². The Morgan fingerprint density at radius 3 is 2.25 bits per heavy atom. The number of hydrogen-bond acceptors (Lipinski definition) is 3. The standard InChI is InChI=1S/C9H12BrClO3SSi/c1-16(2,3)14-9-5-4-7(6-8(9)10)15(11,12)13/h4-6H,1-3H3. The van der Waals surface area contributed by atoms with Crippen LogP contribution < -0.4 is 4.43 Å². The van der Waals surface area contributed by atoms with Gasteiger partial charge < -0.3 is 4.43 Å². The molecular formula is C9H12BrClO3SSi. The second kappa shape index (κ2) is 4.68. The van der Waals surface area contributed by atoms with E-state index in [4.69, 9.17) is 15.1 Å². The Hall–Kier alpha value is -0.0431. The Bertz CT molecular complexity index is 496. The molecule has 16 heavy (non-hydrogen) atoms. The van der Waals surface area contributed by atoms with Crippen LogP contribution in [0.2, 0.25) is 19.6 Å². The zero-order chi connectivity index (χ0) is 12.6. The van der Waals surface area contributed by atoms with Crippen molar-refractivity contribution in [3.05, 3.63) is 22.7 Å². The molecule has 0 aliphatic rings. The molecule has 1 aromatic carbocycles. The SMILES string of the molecule is C[Si](C)(C)Oc1ccc(S(=O)(=O)Cl)cc1Br. The van der Waals surface area contributed by atoms with Gasteiger partial charge in [0, 0.05) is 10.7 Å². The lowest BCUT2D eigenvalue weighted by atomic mass is 10.3. The summed E-state index contributed by atoms with van der Waals surface area (Å²) in [7, 11) is -0.158. The first kappa shape index (κ1) is 14.0. The van der Waals surface area contributed by atoms with E-state index in [9.17, 15) is 8.42 Å². The van der Waals surface area contributed by atoms with Crippen molar-refractivity contribution in [1.82, 2.24) is 0 Å². The van der Waals surface area contributed by atoms with Crippen molar-refractivity contribution in [2.24, 2.45) is 0 Å². The van der Waals surface area contributed by atoms with E-state index in [2.05, 4.69) is 15.9 Å². The van der Waals surface area contributed by atoms with Gasteiger partial charge in [0.2, 0.25) is 8.32 Å². The maximum Gasteiger partial charge on any atom is 0.261 e. The highest BCUT2D eigenvalue weighted by Gasteiger charge is 2.19. The zero-order valence-electron chi connectivity index (χ0n) is 9.12. The van der Waals surface area contributed by atoms with E-state index in [0.29, 0.717) is 10.2 Å². The highest BCUT2D eigenvalue weighted by molar-refractivity contribution is 9.10. The fourth-order valence-electron chi connectivity index (χ4n) is 1.05. The molecule has 0 radical (unpaired) electrons. The summed E-state index contributed by atoms with van der Waals surface area (Å²) >= 11 is 3.27. The van der Waals surface area contributed by atoms with Gasteiger partial charge in [-0.1, -0.05) is 0 Å². The second-order valence-electron chi connectivity index (χ2n) is 4.24. The van der Waals surface area contributed by atoms with Crippen molar-refractivity contribution < 1.29 is 12.8 Å². The summed E-state index contributed by atoms with van der Waals surface area (Å²) in [6.45, 7) is 6.14. The van der Waals surface area contributed by atoms with Crippen molar-refractivity contribution in [2.45, 2.75) is 24.5 Å². The lowest BCUT2D eigenvalue weighted by molar-refractivity contribution is 0.553. The minimum Gasteiger partial charge on any atom is -0.544 e. The Balaban J connectivity index is 3.11. The first-order valence-corrected chi connectivity index (χ1v) is 11.0. The Morgan fingerprint density at radius 2 is 1.88 bits per heavy atom. The van der Waals surface area contributed by atoms with Gasteiger partial charge in [-0.25, -0.2) is 8.42 Å². The second-order valence-corrected chi connectivity index (χ2v) is 12.1. The number of halogens is 2. The Labute approximate surface area is 109 Å². The van der Waals surface area contributed by atoms with Crippen molar-refractivity contribution in [3.63, 3.8) is 0 Å². The normalized spacial score (nSPS) is 12.6. The third-order valence-electron chi connectivity index (χ3n) is 1.60. The van der Waals surface area contributed by atoms with Crippen molar-refractivity contribution in [3.8, 4) is 5.75 Å². The third kappa shape index (κ3) is 4.08. The van der Waals surface area contributed by atoms with Gasteiger partial charge in [-0.2, -0.15) is 0 Å². The summed E-state index contributed by atoms with van der Waals surface area (Å²) in [6, 6.07) is 4.48. The molecule has 0 amide bonds. The summed E-state index contributed by atoms with van der Waals surface area (Å²) in [5, 5.41) is 0. The average molecular weight is 344 g/mol. The molecule has 0 spiro atoms. The van der Waals surface area contributed by atoms with Gasteiger partial charge in [0.15, 0.2) is 0 Å². The summed E-state index contributed by atoms with van der Waals surface area (Å²) in [5.74, 6) is 0.642. The van der Waals surface area contributed by atoms with Gasteiger partial charge in [0.1, 0.15) is 5.75 Å². The minimum atomic E-state index is -3.69.